The van der Waals surface area contributed by atoms with Gasteiger partial charge in [0.1, 0.15) is 0 Å². The number of carbonyl (C=O) groups is 1. The van der Waals surface area contributed by atoms with Crippen molar-refractivity contribution in [2.24, 2.45) is 0 Å². The number of carbonyl (C=O) groups excluding carboxylic acids is 1. The van der Waals surface area contributed by atoms with Gasteiger partial charge in [0, 0.05) is 41.7 Å². The Morgan fingerprint density at radius 3 is 2.47 bits per heavy atom. The molecule has 166 valence electrons. The van der Waals surface area contributed by atoms with Gasteiger partial charge in [0.2, 0.25) is 10.0 Å². The van der Waals surface area contributed by atoms with Gasteiger partial charge in [-0.3, -0.25) is 4.31 Å². The Morgan fingerprint density at radius 1 is 1.09 bits per heavy atom. The number of thiazole rings is 1. The van der Waals surface area contributed by atoms with E-state index in [-0.39, 0.29) is 11.4 Å². The zero-order chi connectivity index (χ0) is 22.3. The van der Waals surface area contributed by atoms with E-state index < -0.39 is 10.0 Å². The summed E-state index contributed by atoms with van der Waals surface area (Å²) in [6, 6.07) is 15.3. The molecule has 0 saturated carbocycles. The molecule has 2 aliphatic rings. The van der Waals surface area contributed by atoms with Crippen molar-refractivity contribution in [2.45, 2.75) is 18.3 Å². The first-order valence-corrected chi connectivity index (χ1v) is 13.3. The molecule has 1 saturated heterocycles. The molecule has 32 heavy (non-hydrogen) atoms. The van der Waals surface area contributed by atoms with Gasteiger partial charge in [0.25, 0.3) is 0 Å². The summed E-state index contributed by atoms with van der Waals surface area (Å²) in [7, 11) is -3.35. The molecule has 2 amide bonds. The molecule has 1 spiro atoms. The summed E-state index contributed by atoms with van der Waals surface area (Å²) in [4.78, 5) is 19.0. The molecule has 2 aliphatic heterocycles. The Hall–Kier alpha value is -2.91. The van der Waals surface area contributed by atoms with E-state index in [1.54, 1.807) is 16.8 Å². The lowest BCUT2D eigenvalue weighted by atomic mass is 9.74. The van der Waals surface area contributed by atoms with E-state index in [1.807, 2.05) is 58.8 Å². The number of para-hydroxylation sites is 1. The molecule has 0 unspecified atom stereocenters. The van der Waals surface area contributed by atoms with Gasteiger partial charge in [-0.15, -0.1) is 11.3 Å². The summed E-state index contributed by atoms with van der Waals surface area (Å²) in [5, 5.41) is 4.97. The molecule has 0 aliphatic carbocycles. The summed E-state index contributed by atoms with van der Waals surface area (Å²) >= 11 is 1.55. The Balaban J connectivity index is 1.26. The Labute approximate surface area is 191 Å². The highest BCUT2D eigenvalue weighted by atomic mass is 32.2. The third kappa shape index (κ3) is 3.75. The van der Waals surface area contributed by atoms with Crippen LogP contribution >= 0.6 is 11.3 Å². The van der Waals surface area contributed by atoms with E-state index in [1.165, 1.54) is 10.6 Å². The van der Waals surface area contributed by atoms with Gasteiger partial charge >= 0.3 is 6.03 Å². The van der Waals surface area contributed by atoms with E-state index in [4.69, 9.17) is 0 Å². The second-order valence-corrected chi connectivity index (χ2v) is 11.1. The third-order valence-corrected chi connectivity index (χ3v) is 8.18. The van der Waals surface area contributed by atoms with Gasteiger partial charge in [-0.2, -0.15) is 0 Å². The van der Waals surface area contributed by atoms with Crippen molar-refractivity contribution >= 4 is 38.8 Å². The summed E-state index contributed by atoms with van der Waals surface area (Å²) in [5.41, 5.74) is 6.08. The summed E-state index contributed by atoms with van der Waals surface area (Å²) in [5.74, 6) is 0. The van der Waals surface area contributed by atoms with Crippen LogP contribution in [-0.2, 0) is 15.4 Å². The smallest absolute Gasteiger partial charge is 0.321 e. The van der Waals surface area contributed by atoms with Crippen molar-refractivity contribution in [3.63, 3.8) is 0 Å². The molecular weight excluding hydrogens is 444 g/mol. The summed E-state index contributed by atoms with van der Waals surface area (Å²) in [6.07, 6.45) is 2.71. The predicted octanol–water partition coefficient (Wildman–Crippen LogP) is 4.16. The van der Waals surface area contributed by atoms with Crippen molar-refractivity contribution in [2.75, 3.05) is 35.5 Å². The number of nitrogens with one attached hydrogen (secondary N) is 1. The third-order valence-electron chi connectivity index (χ3n) is 6.46. The first-order valence-electron chi connectivity index (χ1n) is 10.5. The van der Waals surface area contributed by atoms with Crippen LogP contribution in [-0.4, -0.2) is 50.2 Å². The number of fused-ring (bicyclic) bond motifs is 2. The van der Waals surface area contributed by atoms with Gasteiger partial charge in [-0.05, 0) is 36.6 Å². The molecule has 2 aromatic carbocycles. The highest BCUT2D eigenvalue weighted by Gasteiger charge is 2.47. The van der Waals surface area contributed by atoms with Gasteiger partial charge < -0.3 is 10.2 Å². The number of sulfonamides is 1. The van der Waals surface area contributed by atoms with Crippen LogP contribution in [0.1, 0.15) is 18.4 Å². The van der Waals surface area contributed by atoms with E-state index >= 15 is 0 Å². The van der Waals surface area contributed by atoms with Gasteiger partial charge in [0.05, 0.1) is 23.1 Å². The van der Waals surface area contributed by atoms with Gasteiger partial charge in [0.15, 0.2) is 0 Å². The van der Waals surface area contributed by atoms with Crippen LogP contribution in [0.4, 0.5) is 16.2 Å². The SMILES string of the molecule is CS(=O)(=O)N1CC2(CCN(C(=O)Nc3ccc(-c4cscn4)cc3)CC2)c2ccccc21. The fourth-order valence-electron chi connectivity index (χ4n) is 4.73. The Morgan fingerprint density at radius 2 is 1.81 bits per heavy atom. The van der Waals surface area contributed by atoms with E-state index in [0.717, 1.165) is 41.0 Å². The second-order valence-electron chi connectivity index (χ2n) is 8.44. The fourth-order valence-corrected chi connectivity index (χ4v) is 6.29. The minimum atomic E-state index is -3.35. The van der Waals surface area contributed by atoms with E-state index in [2.05, 4.69) is 10.3 Å². The lowest BCUT2D eigenvalue weighted by Gasteiger charge is -2.39. The average molecular weight is 469 g/mol. The van der Waals surface area contributed by atoms with Crippen LogP contribution in [0, 0.1) is 0 Å². The number of aromatic nitrogens is 1. The number of anilines is 2. The number of benzene rings is 2. The van der Waals surface area contributed by atoms with Crippen molar-refractivity contribution in [3.05, 3.63) is 65.0 Å². The second kappa shape index (κ2) is 7.90. The van der Waals surface area contributed by atoms with Crippen molar-refractivity contribution in [1.82, 2.24) is 9.88 Å². The lowest BCUT2D eigenvalue weighted by Crippen LogP contribution is -2.48. The maximum absolute atomic E-state index is 12.9. The first-order chi connectivity index (χ1) is 15.4. The number of piperidine rings is 1. The van der Waals surface area contributed by atoms with Crippen molar-refractivity contribution in [3.8, 4) is 11.3 Å². The Bertz CT molecular complexity index is 1230. The number of rotatable bonds is 3. The normalized spacial score (nSPS) is 17.4. The van der Waals surface area contributed by atoms with Crippen LogP contribution < -0.4 is 9.62 Å². The van der Waals surface area contributed by atoms with Crippen LogP contribution in [0.3, 0.4) is 0 Å². The molecule has 1 N–H and O–H groups in total. The summed E-state index contributed by atoms with van der Waals surface area (Å²) in [6.45, 7) is 1.60. The highest BCUT2D eigenvalue weighted by Crippen LogP contribution is 2.47. The van der Waals surface area contributed by atoms with Crippen LogP contribution in [0.15, 0.2) is 59.4 Å². The molecule has 3 aromatic rings. The standard InChI is InChI=1S/C23H24N4O3S2/c1-32(29,30)27-15-23(19-4-2-3-5-21(19)27)10-12-26(13-11-23)22(28)25-18-8-6-17(7-9-18)20-14-31-16-24-20/h2-9,14,16H,10-13,15H2,1H3,(H,25,28). The Kier molecular flexibility index (Phi) is 5.17. The summed E-state index contributed by atoms with van der Waals surface area (Å²) < 4.78 is 26.2. The number of urea groups is 1. The molecule has 0 atom stereocenters. The minimum absolute atomic E-state index is 0.132. The monoisotopic (exact) mass is 468 g/mol. The minimum Gasteiger partial charge on any atom is -0.324 e. The van der Waals surface area contributed by atoms with Crippen LogP contribution in [0.5, 0.6) is 0 Å². The average Bonchev–Trinajstić information content (AvgIpc) is 3.42. The van der Waals surface area contributed by atoms with E-state index in [9.17, 15) is 13.2 Å². The number of amides is 2. The zero-order valence-corrected chi connectivity index (χ0v) is 19.3. The first kappa shape index (κ1) is 21.0. The van der Waals surface area contributed by atoms with Gasteiger partial charge in [-0.1, -0.05) is 30.3 Å². The zero-order valence-electron chi connectivity index (χ0n) is 17.7. The van der Waals surface area contributed by atoms with Gasteiger partial charge in [-0.25, -0.2) is 18.2 Å². The topological polar surface area (TPSA) is 82.6 Å². The molecule has 3 heterocycles. The maximum Gasteiger partial charge on any atom is 0.321 e. The lowest BCUT2D eigenvalue weighted by molar-refractivity contribution is 0.173. The quantitative estimate of drug-likeness (QED) is 0.626. The molecule has 1 fully saturated rings. The van der Waals surface area contributed by atoms with Crippen LogP contribution in [0.25, 0.3) is 11.3 Å². The molecule has 5 rings (SSSR count). The largest absolute Gasteiger partial charge is 0.324 e. The molecule has 0 bridgehead atoms. The van der Waals surface area contributed by atoms with Crippen molar-refractivity contribution in [1.29, 1.82) is 0 Å². The maximum atomic E-state index is 12.9. The number of hydrogen-bond donors (Lipinski definition) is 1. The van der Waals surface area contributed by atoms with Crippen molar-refractivity contribution < 1.29 is 13.2 Å². The number of nitrogens with zero attached hydrogens (tertiary/aromatic N) is 3. The molecule has 0 radical (unpaired) electrons. The molecule has 9 heteroatoms. The van der Waals surface area contributed by atoms with Crippen LogP contribution in [0.2, 0.25) is 0 Å². The number of likely N-dealkylation sites (tertiary alicyclic amines) is 1. The molecule has 7 nitrogen and oxygen atoms in total. The molecular formula is C23H24N4O3S2. The fraction of sp³-hybridized carbons (Fsp3) is 0.304. The van der Waals surface area contributed by atoms with E-state index in [0.29, 0.717) is 19.6 Å². The number of hydrogen-bond acceptors (Lipinski definition) is 5. The predicted molar refractivity (Wildman–Crippen MR) is 128 cm³/mol. The molecule has 1 aromatic heterocycles. The highest BCUT2D eigenvalue weighted by molar-refractivity contribution is 7.92.